The molecule has 1 amide bonds. The van der Waals surface area contributed by atoms with Crippen molar-refractivity contribution in [1.82, 2.24) is 16.2 Å². The van der Waals surface area contributed by atoms with E-state index in [1.807, 2.05) is 32.0 Å². The van der Waals surface area contributed by atoms with Crippen molar-refractivity contribution in [3.63, 3.8) is 0 Å². The maximum atomic E-state index is 12.6. The summed E-state index contributed by atoms with van der Waals surface area (Å²) in [6.45, 7) is 8.72. The second-order valence-corrected chi connectivity index (χ2v) is 7.61. The molecule has 7 heteroatoms. The van der Waals surface area contributed by atoms with Crippen molar-refractivity contribution < 1.29 is 14.3 Å². The van der Waals surface area contributed by atoms with Crippen LogP contribution >= 0.6 is 15.9 Å². The van der Waals surface area contributed by atoms with E-state index in [1.165, 1.54) is 0 Å². The van der Waals surface area contributed by atoms with Crippen LogP contribution in [0.2, 0.25) is 0 Å². The van der Waals surface area contributed by atoms with Gasteiger partial charge in [-0.2, -0.15) is 0 Å². The van der Waals surface area contributed by atoms with Gasteiger partial charge >= 0.3 is 0 Å². The van der Waals surface area contributed by atoms with Gasteiger partial charge in [-0.1, -0.05) is 35.8 Å². The molecule has 0 spiro atoms. The first kappa shape index (κ1) is 20.0. The van der Waals surface area contributed by atoms with Gasteiger partial charge in [0.15, 0.2) is 11.5 Å². The summed E-state index contributed by atoms with van der Waals surface area (Å²) < 4.78 is 10.9. The van der Waals surface area contributed by atoms with Gasteiger partial charge in [0.05, 0.1) is 24.6 Å². The van der Waals surface area contributed by atoms with Gasteiger partial charge in [-0.3, -0.25) is 10.2 Å². The molecule has 1 fully saturated rings. The van der Waals surface area contributed by atoms with Gasteiger partial charge in [-0.05, 0) is 37.5 Å². The highest BCUT2D eigenvalue weighted by atomic mass is 79.9. The topological polar surface area (TPSA) is 71.6 Å². The van der Waals surface area contributed by atoms with Crippen LogP contribution in [0.5, 0.6) is 11.5 Å². The van der Waals surface area contributed by atoms with Crippen molar-refractivity contribution in [3.05, 3.63) is 23.8 Å². The molecule has 25 heavy (non-hydrogen) atoms. The van der Waals surface area contributed by atoms with E-state index in [2.05, 4.69) is 45.9 Å². The lowest BCUT2D eigenvalue weighted by atomic mass is 9.99. The number of carbonyl (C=O) groups excluding carboxylic acids is 1. The number of hydrogen-bond donors (Lipinski definition) is 3. The average Bonchev–Trinajstić information content (AvgIpc) is 2.97. The molecule has 1 aromatic rings. The lowest BCUT2D eigenvalue weighted by Crippen LogP contribution is -2.46. The monoisotopic (exact) mass is 413 g/mol. The Labute approximate surface area is 158 Å². The first-order valence-corrected chi connectivity index (χ1v) is 9.56. The number of benzene rings is 1. The summed E-state index contributed by atoms with van der Waals surface area (Å²) in [5.74, 6) is 1.74. The van der Waals surface area contributed by atoms with Crippen molar-refractivity contribution in [1.29, 1.82) is 0 Å². The molecule has 0 bridgehead atoms. The van der Waals surface area contributed by atoms with E-state index >= 15 is 0 Å². The molecule has 1 aliphatic heterocycles. The minimum atomic E-state index is -0.320. The number of halogens is 1. The minimum Gasteiger partial charge on any atom is -0.493 e. The summed E-state index contributed by atoms with van der Waals surface area (Å²) in [5, 5.41) is 3.06. The van der Waals surface area contributed by atoms with Gasteiger partial charge in [0.25, 0.3) is 0 Å². The second kappa shape index (κ2) is 8.87. The third-order valence-electron chi connectivity index (χ3n) is 4.41. The molecule has 0 aromatic heterocycles. The molecule has 1 heterocycles. The average molecular weight is 414 g/mol. The van der Waals surface area contributed by atoms with Crippen LogP contribution in [0.25, 0.3) is 0 Å². The van der Waals surface area contributed by atoms with Crippen LogP contribution in [0, 0.1) is 5.92 Å². The van der Waals surface area contributed by atoms with Crippen molar-refractivity contribution in [2.45, 2.75) is 50.6 Å². The molecule has 0 saturated carbocycles. The molecule has 4 unspecified atom stereocenters. The number of rotatable bonds is 7. The maximum absolute atomic E-state index is 12.6. The molecule has 4 atom stereocenters. The highest BCUT2D eigenvalue weighted by molar-refractivity contribution is 9.09. The van der Waals surface area contributed by atoms with E-state index < -0.39 is 0 Å². The highest BCUT2D eigenvalue weighted by Gasteiger charge is 2.40. The van der Waals surface area contributed by atoms with E-state index in [1.54, 1.807) is 7.11 Å². The molecule has 1 aromatic carbocycles. The van der Waals surface area contributed by atoms with E-state index in [0.29, 0.717) is 24.0 Å². The summed E-state index contributed by atoms with van der Waals surface area (Å²) in [6.07, 6.45) is 0. The van der Waals surface area contributed by atoms with Crippen LogP contribution < -0.4 is 25.6 Å². The fourth-order valence-corrected chi connectivity index (χ4v) is 4.03. The number of carbonyl (C=O) groups is 1. The number of methoxy groups -OCH3 is 1. The summed E-state index contributed by atoms with van der Waals surface area (Å²) in [4.78, 5) is 12.7. The van der Waals surface area contributed by atoms with Gasteiger partial charge in [0.2, 0.25) is 5.91 Å². The third kappa shape index (κ3) is 4.65. The third-order valence-corrected chi connectivity index (χ3v) is 5.51. The van der Waals surface area contributed by atoms with E-state index in [4.69, 9.17) is 9.47 Å². The first-order chi connectivity index (χ1) is 11.9. The Morgan fingerprint density at radius 2 is 2.00 bits per heavy atom. The van der Waals surface area contributed by atoms with Crippen LogP contribution in [0.3, 0.4) is 0 Å². The van der Waals surface area contributed by atoms with E-state index in [0.717, 1.165) is 5.56 Å². The number of alkyl halides is 1. The fourth-order valence-electron chi connectivity index (χ4n) is 2.91. The van der Waals surface area contributed by atoms with Crippen LogP contribution in [-0.2, 0) is 4.79 Å². The molecule has 0 aliphatic carbocycles. The summed E-state index contributed by atoms with van der Waals surface area (Å²) >= 11 is 3.65. The molecule has 1 aliphatic rings. The molecule has 140 valence electrons. The number of amides is 1. The Morgan fingerprint density at radius 3 is 2.56 bits per heavy atom. The van der Waals surface area contributed by atoms with Gasteiger partial charge in [-0.15, -0.1) is 0 Å². The Bertz CT molecular complexity index is 597. The molecule has 0 radical (unpaired) electrons. The SMILES string of the molecule is CCOc1ccc(C(C)NC(=O)C2NNC(C(C)C)C2Br)cc1OC. The molecular formula is C18H28BrN3O3. The molecule has 1 saturated heterocycles. The largest absolute Gasteiger partial charge is 0.493 e. The van der Waals surface area contributed by atoms with Crippen LogP contribution in [-0.4, -0.2) is 36.5 Å². The van der Waals surface area contributed by atoms with Crippen molar-refractivity contribution in [2.75, 3.05) is 13.7 Å². The highest BCUT2D eigenvalue weighted by Crippen LogP contribution is 2.30. The molecule has 3 N–H and O–H groups in total. The smallest absolute Gasteiger partial charge is 0.240 e. The first-order valence-electron chi connectivity index (χ1n) is 8.65. The lowest BCUT2D eigenvalue weighted by Gasteiger charge is -2.22. The standard InChI is InChI=1S/C18H28BrN3O3/c1-6-25-13-8-7-12(9-14(13)24-5)11(4)20-18(23)17-15(19)16(10(2)3)21-22-17/h7-11,15-17,21-22H,6H2,1-5H3,(H,20,23). The lowest BCUT2D eigenvalue weighted by molar-refractivity contribution is -0.123. The fraction of sp³-hybridized carbons (Fsp3) is 0.611. The number of hydrogen-bond acceptors (Lipinski definition) is 5. The Kier molecular flexibility index (Phi) is 7.10. The normalized spacial score (nSPS) is 24.2. The predicted molar refractivity (Wildman–Crippen MR) is 102 cm³/mol. The van der Waals surface area contributed by atoms with Crippen molar-refractivity contribution in [3.8, 4) is 11.5 Å². The molecule has 2 rings (SSSR count). The summed E-state index contributed by atoms with van der Waals surface area (Å²) in [6, 6.07) is 5.46. The summed E-state index contributed by atoms with van der Waals surface area (Å²) in [7, 11) is 1.61. The number of nitrogens with one attached hydrogen (secondary N) is 3. The van der Waals surface area contributed by atoms with Crippen molar-refractivity contribution >= 4 is 21.8 Å². The van der Waals surface area contributed by atoms with Crippen LogP contribution in [0.1, 0.15) is 39.3 Å². The van der Waals surface area contributed by atoms with E-state index in [9.17, 15) is 4.79 Å². The summed E-state index contributed by atoms with van der Waals surface area (Å²) in [5.41, 5.74) is 7.25. The maximum Gasteiger partial charge on any atom is 0.240 e. The quantitative estimate of drug-likeness (QED) is 0.599. The zero-order valence-corrected chi connectivity index (χ0v) is 17.0. The Hall–Kier alpha value is -1.31. The van der Waals surface area contributed by atoms with Crippen LogP contribution in [0.4, 0.5) is 0 Å². The Balaban J connectivity index is 2.04. The number of ether oxygens (including phenoxy) is 2. The molecular weight excluding hydrogens is 386 g/mol. The predicted octanol–water partition coefficient (Wildman–Crippen LogP) is 2.54. The minimum absolute atomic E-state index is 0.0366. The van der Waals surface area contributed by atoms with Gasteiger partial charge in [0.1, 0.15) is 6.04 Å². The molecule has 6 nitrogen and oxygen atoms in total. The van der Waals surface area contributed by atoms with Crippen molar-refractivity contribution in [2.24, 2.45) is 5.92 Å². The zero-order valence-electron chi connectivity index (χ0n) is 15.4. The second-order valence-electron chi connectivity index (χ2n) is 6.55. The van der Waals surface area contributed by atoms with Gasteiger partial charge < -0.3 is 14.8 Å². The van der Waals surface area contributed by atoms with Crippen LogP contribution in [0.15, 0.2) is 18.2 Å². The van der Waals surface area contributed by atoms with Gasteiger partial charge in [-0.25, -0.2) is 5.43 Å². The van der Waals surface area contributed by atoms with E-state index in [-0.39, 0.29) is 28.9 Å². The zero-order chi connectivity index (χ0) is 18.6. The Morgan fingerprint density at radius 1 is 1.28 bits per heavy atom. The number of hydrazine groups is 1. The van der Waals surface area contributed by atoms with Gasteiger partial charge in [0, 0.05) is 6.04 Å².